The van der Waals surface area contributed by atoms with Crippen LogP contribution in [0, 0.1) is 17.3 Å². The zero-order valence-corrected chi connectivity index (χ0v) is 29.2. The normalized spacial score (nSPS) is 19.0. The summed E-state index contributed by atoms with van der Waals surface area (Å²) in [5, 5.41) is 3.49. The molecule has 3 fully saturated rings. The molecule has 0 saturated carbocycles. The van der Waals surface area contributed by atoms with Crippen LogP contribution < -0.4 is 20.3 Å². The van der Waals surface area contributed by atoms with Crippen molar-refractivity contribution in [3.63, 3.8) is 0 Å². The van der Waals surface area contributed by atoms with E-state index < -0.39 is 29.7 Å². The zero-order chi connectivity index (χ0) is 37.2. The Balaban J connectivity index is 0.906. The summed E-state index contributed by atoms with van der Waals surface area (Å²) in [6, 6.07) is 9.18. The van der Waals surface area contributed by atoms with Crippen molar-refractivity contribution in [2.24, 2.45) is 12.5 Å². The third-order valence-corrected chi connectivity index (χ3v) is 10.5. The molecular weight excluding hydrogens is 680 g/mol. The van der Waals surface area contributed by atoms with Gasteiger partial charge >= 0.3 is 0 Å². The van der Waals surface area contributed by atoms with Gasteiger partial charge in [0.1, 0.15) is 17.5 Å². The number of methoxy groups -OCH3 is 2. The first-order valence-electron chi connectivity index (χ1n) is 17.1. The van der Waals surface area contributed by atoms with Gasteiger partial charge in [-0.05, 0) is 53.8 Å². The standard InChI is InChI=1S/C39H34N6O8/c1-42-16-28(24-10-11-40-15-27(24)36(42)49)23-13-31(52-2)29(32(14-23)53-3)17-43-18-39(19-43)20-44(21-39)34(47)9-5-22-4-6-25-26(12-22)38(51)45(37(25)50)30-7-8-33(46)41-35(30)48/h4,6,10-16,30H,7-8,17-21H2,1-3H3,(H,41,46,48). The van der Waals surface area contributed by atoms with Gasteiger partial charge < -0.3 is 18.9 Å². The fourth-order valence-electron chi connectivity index (χ4n) is 7.94. The molecule has 1 unspecified atom stereocenters. The molecule has 1 N–H and O–H groups in total. The van der Waals surface area contributed by atoms with E-state index in [-0.39, 0.29) is 40.8 Å². The highest BCUT2D eigenvalue weighted by Crippen LogP contribution is 2.43. The van der Waals surface area contributed by atoms with E-state index in [1.165, 1.54) is 12.1 Å². The number of rotatable bonds is 6. The summed E-state index contributed by atoms with van der Waals surface area (Å²) in [5.41, 5.74) is 3.10. The predicted molar refractivity (Wildman–Crippen MR) is 190 cm³/mol. The Hall–Kier alpha value is -6.33. The van der Waals surface area contributed by atoms with Crippen LogP contribution in [0.2, 0.25) is 0 Å². The van der Waals surface area contributed by atoms with E-state index in [9.17, 15) is 28.8 Å². The van der Waals surface area contributed by atoms with Crippen LogP contribution in [0.15, 0.2) is 59.8 Å². The molecule has 2 aromatic carbocycles. The number of hydrogen-bond acceptors (Lipinski definition) is 10. The summed E-state index contributed by atoms with van der Waals surface area (Å²) < 4.78 is 13.2. The van der Waals surface area contributed by atoms with E-state index in [1.54, 1.807) is 55.4 Å². The minimum absolute atomic E-state index is 0.0284. The molecule has 1 atom stereocenters. The number of pyridine rings is 2. The number of fused-ring (bicyclic) bond motifs is 2. The maximum absolute atomic E-state index is 13.1. The van der Waals surface area contributed by atoms with Gasteiger partial charge in [0, 0.05) is 87.2 Å². The average molecular weight is 715 g/mol. The van der Waals surface area contributed by atoms with E-state index in [2.05, 4.69) is 27.0 Å². The molecule has 8 rings (SSSR count). The van der Waals surface area contributed by atoms with E-state index in [0.29, 0.717) is 42.1 Å². The summed E-state index contributed by atoms with van der Waals surface area (Å²) in [4.78, 5) is 84.7. The molecule has 4 aromatic rings. The molecule has 5 amide bonds. The monoisotopic (exact) mass is 714 g/mol. The van der Waals surface area contributed by atoms with Crippen molar-refractivity contribution in [2.45, 2.75) is 25.4 Å². The largest absolute Gasteiger partial charge is 0.496 e. The van der Waals surface area contributed by atoms with Crippen LogP contribution in [0.5, 0.6) is 11.5 Å². The lowest BCUT2D eigenvalue weighted by atomic mass is 9.72. The lowest BCUT2D eigenvalue weighted by Crippen LogP contribution is -2.72. The van der Waals surface area contributed by atoms with Gasteiger partial charge in [0.15, 0.2) is 0 Å². The van der Waals surface area contributed by atoms with Gasteiger partial charge in [0.2, 0.25) is 11.8 Å². The molecular formula is C39H34N6O8. The van der Waals surface area contributed by atoms with E-state index >= 15 is 0 Å². The maximum atomic E-state index is 13.1. The Morgan fingerprint density at radius 1 is 0.925 bits per heavy atom. The number of nitrogens with zero attached hydrogens (tertiary/aromatic N) is 5. The van der Waals surface area contributed by atoms with Gasteiger partial charge in [0.05, 0.1) is 36.3 Å². The van der Waals surface area contributed by atoms with Gasteiger partial charge in [-0.25, -0.2) is 0 Å². The van der Waals surface area contributed by atoms with Gasteiger partial charge in [-0.15, -0.1) is 0 Å². The highest BCUT2D eigenvalue weighted by Gasteiger charge is 2.53. The van der Waals surface area contributed by atoms with Crippen LogP contribution in [0.1, 0.15) is 44.7 Å². The van der Waals surface area contributed by atoms with Crippen LogP contribution in [0.25, 0.3) is 21.9 Å². The molecule has 4 aliphatic heterocycles. The number of likely N-dealkylation sites (tertiary alicyclic amines) is 2. The number of amides is 5. The highest BCUT2D eigenvalue weighted by molar-refractivity contribution is 6.23. The Bertz CT molecular complexity index is 2390. The number of benzene rings is 2. The molecule has 0 bridgehead atoms. The van der Waals surface area contributed by atoms with Crippen LogP contribution in [0.3, 0.4) is 0 Å². The average Bonchev–Trinajstić information content (AvgIpc) is 3.37. The van der Waals surface area contributed by atoms with Gasteiger partial charge in [-0.3, -0.25) is 48.9 Å². The van der Waals surface area contributed by atoms with Crippen molar-refractivity contribution in [3.8, 4) is 34.5 Å². The summed E-state index contributed by atoms with van der Waals surface area (Å²) in [6.07, 6.45) is 5.15. The minimum atomic E-state index is -1.06. The fraction of sp³-hybridized carbons (Fsp3) is 0.308. The number of imide groups is 2. The van der Waals surface area contributed by atoms with Crippen molar-refractivity contribution in [3.05, 3.63) is 87.6 Å². The number of nitrogens with one attached hydrogen (secondary N) is 1. The van der Waals surface area contributed by atoms with Crippen LogP contribution in [-0.2, 0) is 28.0 Å². The molecule has 14 nitrogen and oxygen atoms in total. The third kappa shape index (κ3) is 5.69. The first-order valence-corrected chi connectivity index (χ1v) is 17.1. The quantitative estimate of drug-likeness (QED) is 0.230. The first-order chi connectivity index (χ1) is 25.5. The topological polar surface area (TPSA) is 160 Å². The molecule has 14 heteroatoms. The van der Waals surface area contributed by atoms with E-state index in [4.69, 9.17) is 9.47 Å². The number of hydrogen-bond donors (Lipinski definition) is 1. The lowest BCUT2D eigenvalue weighted by molar-refractivity contribution is -0.154. The molecule has 6 heterocycles. The first kappa shape index (κ1) is 33.8. The van der Waals surface area contributed by atoms with Crippen molar-refractivity contribution >= 4 is 40.3 Å². The predicted octanol–water partition coefficient (Wildman–Crippen LogP) is 1.71. The number of aromatic nitrogens is 2. The molecule has 1 spiro atoms. The van der Waals surface area contributed by atoms with Gasteiger partial charge in [-0.2, -0.15) is 0 Å². The highest BCUT2D eigenvalue weighted by atomic mass is 16.5. The Kier molecular flexibility index (Phi) is 8.11. The fourth-order valence-corrected chi connectivity index (χ4v) is 7.94. The Labute approximate surface area is 303 Å². The van der Waals surface area contributed by atoms with Gasteiger partial charge in [-0.1, -0.05) is 5.92 Å². The van der Waals surface area contributed by atoms with Crippen LogP contribution in [-0.4, -0.2) is 100 Å². The zero-order valence-electron chi connectivity index (χ0n) is 29.2. The van der Waals surface area contributed by atoms with Crippen molar-refractivity contribution in [1.82, 2.24) is 29.6 Å². The smallest absolute Gasteiger partial charge is 0.298 e. The molecule has 53 heavy (non-hydrogen) atoms. The number of ether oxygens (including phenoxy) is 2. The Morgan fingerprint density at radius 2 is 1.64 bits per heavy atom. The minimum Gasteiger partial charge on any atom is -0.496 e. The second kappa shape index (κ2) is 12.7. The summed E-state index contributed by atoms with van der Waals surface area (Å²) in [6.45, 7) is 3.28. The number of carbonyl (C=O) groups is 5. The Morgan fingerprint density at radius 3 is 2.34 bits per heavy atom. The lowest BCUT2D eigenvalue weighted by Gasteiger charge is -2.60. The second-order valence-electron chi connectivity index (χ2n) is 14.0. The molecule has 268 valence electrons. The van der Waals surface area contributed by atoms with Crippen LogP contribution >= 0.6 is 0 Å². The third-order valence-electron chi connectivity index (χ3n) is 10.5. The van der Waals surface area contributed by atoms with Gasteiger partial charge in [0.25, 0.3) is 23.3 Å². The summed E-state index contributed by atoms with van der Waals surface area (Å²) >= 11 is 0. The molecule has 0 radical (unpaired) electrons. The van der Waals surface area contributed by atoms with E-state index in [1.807, 2.05) is 18.2 Å². The maximum Gasteiger partial charge on any atom is 0.298 e. The molecule has 3 saturated heterocycles. The molecule has 0 aliphatic carbocycles. The number of piperidine rings is 1. The number of aryl methyl sites for hydroxylation is 1. The van der Waals surface area contributed by atoms with Crippen molar-refractivity contribution in [1.29, 1.82) is 0 Å². The molecule has 2 aromatic heterocycles. The van der Waals surface area contributed by atoms with Crippen molar-refractivity contribution < 1.29 is 33.4 Å². The molecule has 4 aliphatic rings. The summed E-state index contributed by atoms with van der Waals surface area (Å²) in [5.74, 6) is 4.14. The van der Waals surface area contributed by atoms with Crippen molar-refractivity contribution in [2.75, 3.05) is 40.4 Å². The summed E-state index contributed by atoms with van der Waals surface area (Å²) in [7, 11) is 4.95. The van der Waals surface area contributed by atoms with Crippen LogP contribution in [0.4, 0.5) is 0 Å². The van der Waals surface area contributed by atoms with E-state index in [0.717, 1.165) is 40.1 Å². The number of carbonyl (C=O) groups excluding carboxylic acids is 5. The second-order valence-corrected chi connectivity index (χ2v) is 14.0. The SMILES string of the molecule is COc1cc(-c2cn(C)c(=O)c3cnccc23)cc(OC)c1CN1CC2(C1)CN(C(=O)C#Cc1ccc3c(c1)C(=O)N(C1CCC(=O)NC1=O)C3=O)C2.